The summed E-state index contributed by atoms with van der Waals surface area (Å²) in [6.07, 6.45) is 1.10. The third-order valence-electron chi connectivity index (χ3n) is 3.44. The van der Waals surface area contributed by atoms with Crippen LogP contribution in [0.15, 0.2) is 18.2 Å². The second kappa shape index (κ2) is 6.30. The summed E-state index contributed by atoms with van der Waals surface area (Å²) >= 11 is 1.96. The summed E-state index contributed by atoms with van der Waals surface area (Å²) in [6.45, 7) is 5.80. The maximum Gasteiger partial charge on any atom is 0.256 e. The van der Waals surface area contributed by atoms with Crippen LogP contribution in [0.25, 0.3) is 0 Å². The van der Waals surface area contributed by atoms with Crippen LogP contribution in [0, 0.1) is 6.92 Å². The number of nitrogen functional groups attached to an aromatic ring is 1. The molecule has 1 heterocycles. The van der Waals surface area contributed by atoms with Crippen LogP contribution in [0.5, 0.6) is 0 Å². The molecule has 1 aliphatic rings. The summed E-state index contributed by atoms with van der Waals surface area (Å²) in [5, 5.41) is 0.553. The van der Waals surface area contributed by atoms with Crippen LogP contribution < -0.4 is 11.3 Å². The average molecular weight is 279 g/mol. The van der Waals surface area contributed by atoms with E-state index in [1.807, 2.05) is 41.8 Å². The van der Waals surface area contributed by atoms with Crippen molar-refractivity contribution in [2.24, 2.45) is 5.84 Å². The number of amides is 1. The number of nitrogens with two attached hydrogens (primary N) is 1. The molecule has 1 unspecified atom stereocenters. The van der Waals surface area contributed by atoms with Crippen molar-refractivity contribution in [1.29, 1.82) is 0 Å². The second-order valence-electron chi connectivity index (χ2n) is 4.85. The first-order valence-corrected chi connectivity index (χ1v) is 7.68. The molecule has 0 aromatic heterocycles. The number of thioether (sulfide) groups is 1. The SMILES string of the molecule is CCC1CN(C(=O)c2cc(C)ccc2NN)CCS1. The van der Waals surface area contributed by atoms with E-state index in [0.29, 0.717) is 16.5 Å². The maximum absolute atomic E-state index is 12.6. The minimum absolute atomic E-state index is 0.0791. The van der Waals surface area contributed by atoms with Gasteiger partial charge in [0.1, 0.15) is 0 Å². The number of anilines is 1. The molecule has 1 atom stereocenters. The van der Waals surface area contributed by atoms with E-state index in [2.05, 4.69) is 12.3 Å². The number of carbonyl (C=O) groups excluding carboxylic acids is 1. The Bertz CT molecular complexity index is 464. The standard InChI is InChI=1S/C14H21N3OS/c1-3-11-9-17(6-7-19-11)14(18)12-8-10(2)4-5-13(12)16-15/h4-5,8,11,16H,3,6-7,9,15H2,1-2H3. The Hall–Kier alpha value is -1.20. The van der Waals surface area contributed by atoms with Crippen molar-refractivity contribution in [2.75, 3.05) is 24.3 Å². The van der Waals surface area contributed by atoms with Gasteiger partial charge in [0.25, 0.3) is 5.91 Å². The van der Waals surface area contributed by atoms with Crippen LogP contribution in [0.3, 0.4) is 0 Å². The number of nitrogens with zero attached hydrogens (tertiary/aromatic N) is 1. The zero-order valence-electron chi connectivity index (χ0n) is 11.5. The molecule has 1 fully saturated rings. The average Bonchev–Trinajstić information content (AvgIpc) is 2.46. The number of nitrogens with one attached hydrogen (secondary N) is 1. The number of aryl methyl sites for hydroxylation is 1. The highest BCUT2D eigenvalue weighted by molar-refractivity contribution is 8.00. The van der Waals surface area contributed by atoms with E-state index in [-0.39, 0.29) is 5.91 Å². The highest BCUT2D eigenvalue weighted by Crippen LogP contribution is 2.24. The Balaban J connectivity index is 2.21. The van der Waals surface area contributed by atoms with Crippen LogP contribution in [-0.2, 0) is 0 Å². The molecule has 0 spiro atoms. The van der Waals surface area contributed by atoms with Gasteiger partial charge in [-0.25, -0.2) is 0 Å². The van der Waals surface area contributed by atoms with Crippen LogP contribution in [-0.4, -0.2) is 34.9 Å². The molecule has 1 aliphatic heterocycles. The monoisotopic (exact) mass is 279 g/mol. The zero-order chi connectivity index (χ0) is 13.8. The summed E-state index contributed by atoms with van der Waals surface area (Å²) in [7, 11) is 0. The number of hydrogen-bond donors (Lipinski definition) is 2. The molecule has 1 amide bonds. The van der Waals surface area contributed by atoms with Gasteiger partial charge in [0, 0.05) is 24.1 Å². The van der Waals surface area contributed by atoms with Gasteiger partial charge >= 0.3 is 0 Å². The van der Waals surface area contributed by atoms with Gasteiger partial charge in [-0.2, -0.15) is 11.8 Å². The van der Waals surface area contributed by atoms with E-state index < -0.39 is 0 Å². The lowest BCUT2D eigenvalue weighted by Crippen LogP contribution is -2.42. The first-order valence-electron chi connectivity index (χ1n) is 6.63. The molecule has 4 nitrogen and oxygen atoms in total. The van der Waals surface area contributed by atoms with Gasteiger partial charge in [-0.3, -0.25) is 10.6 Å². The van der Waals surface area contributed by atoms with E-state index in [1.165, 1.54) is 0 Å². The van der Waals surface area contributed by atoms with Crippen molar-refractivity contribution >= 4 is 23.4 Å². The molecule has 2 rings (SSSR count). The number of hydrogen-bond acceptors (Lipinski definition) is 4. The van der Waals surface area contributed by atoms with Gasteiger partial charge in [-0.1, -0.05) is 18.6 Å². The van der Waals surface area contributed by atoms with E-state index in [4.69, 9.17) is 5.84 Å². The molecule has 0 bridgehead atoms. The molecule has 0 aliphatic carbocycles. The molecule has 3 N–H and O–H groups in total. The summed E-state index contributed by atoms with van der Waals surface area (Å²) in [6, 6.07) is 5.71. The third-order valence-corrected chi connectivity index (χ3v) is 4.81. The van der Waals surface area contributed by atoms with Crippen molar-refractivity contribution in [3.05, 3.63) is 29.3 Å². The van der Waals surface area contributed by atoms with Gasteiger partial charge in [-0.05, 0) is 25.5 Å². The smallest absolute Gasteiger partial charge is 0.256 e. The molecule has 0 saturated carbocycles. The normalized spacial score (nSPS) is 19.3. The molecular weight excluding hydrogens is 258 g/mol. The fourth-order valence-corrected chi connectivity index (χ4v) is 3.46. The lowest BCUT2D eigenvalue weighted by atomic mass is 10.1. The predicted octanol–water partition coefficient (Wildman–Crippen LogP) is 2.25. The zero-order valence-corrected chi connectivity index (χ0v) is 12.3. The molecular formula is C14H21N3OS. The van der Waals surface area contributed by atoms with Gasteiger partial charge in [0.05, 0.1) is 11.3 Å². The second-order valence-corrected chi connectivity index (χ2v) is 6.25. The highest BCUT2D eigenvalue weighted by Gasteiger charge is 2.25. The fraction of sp³-hybridized carbons (Fsp3) is 0.500. The van der Waals surface area contributed by atoms with Crippen LogP contribution >= 0.6 is 11.8 Å². The Labute approximate surface area is 118 Å². The topological polar surface area (TPSA) is 58.4 Å². The summed E-state index contributed by atoms with van der Waals surface area (Å²) in [4.78, 5) is 14.6. The van der Waals surface area contributed by atoms with E-state index >= 15 is 0 Å². The number of hydrazine groups is 1. The molecule has 19 heavy (non-hydrogen) atoms. The first-order chi connectivity index (χ1) is 9.15. The number of carbonyl (C=O) groups is 1. The van der Waals surface area contributed by atoms with E-state index in [1.54, 1.807) is 0 Å². The Morgan fingerprint density at radius 1 is 1.58 bits per heavy atom. The van der Waals surface area contributed by atoms with Crippen molar-refractivity contribution < 1.29 is 4.79 Å². The van der Waals surface area contributed by atoms with Gasteiger partial charge in [0.2, 0.25) is 0 Å². The van der Waals surface area contributed by atoms with Crippen LogP contribution in [0.4, 0.5) is 5.69 Å². The number of rotatable bonds is 3. The van der Waals surface area contributed by atoms with Gasteiger partial charge < -0.3 is 10.3 Å². The van der Waals surface area contributed by atoms with E-state index in [0.717, 1.165) is 30.8 Å². The molecule has 5 heteroatoms. The van der Waals surface area contributed by atoms with E-state index in [9.17, 15) is 4.79 Å². The molecule has 0 radical (unpaired) electrons. The van der Waals surface area contributed by atoms with Gasteiger partial charge in [0.15, 0.2) is 0 Å². The van der Waals surface area contributed by atoms with Crippen molar-refractivity contribution in [3.63, 3.8) is 0 Å². The predicted molar refractivity (Wildman–Crippen MR) is 81.4 cm³/mol. The molecule has 1 aromatic carbocycles. The Morgan fingerprint density at radius 2 is 2.37 bits per heavy atom. The molecule has 1 saturated heterocycles. The first kappa shape index (κ1) is 14.2. The highest BCUT2D eigenvalue weighted by atomic mass is 32.2. The number of benzene rings is 1. The summed E-state index contributed by atoms with van der Waals surface area (Å²) in [5.41, 5.74) is 5.05. The summed E-state index contributed by atoms with van der Waals surface area (Å²) in [5.74, 6) is 6.59. The molecule has 104 valence electrons. The quantitative estimate of drug-likeness (QED) is 0.658. The lowest BCUT2D eigenvalue weighted by Gasteiger charge is -2.32. The lowest BCUT2D eigenvalue weighted by molar-refractivity contribution is 0.0762. The van der Waals surface area contributed by atoms with Crippen LogP contribution in [0.2, 0.25) is 0 Å². The van der Waals surface area contributed by atoms with Crippen LogP contribution in [0.1, 0.15) is 29.3 Å². The van der Waals surface area contributed by atoms with Gasteiger partial charge in [-0.15, -0.1) is 0 Å². The summed E-state index contributed by atoms with van der Waals surface area (Å²) < 4.78 is 0. The van der Waals surface area contributed by atoms with Crippen molar-refractivity contribution in [1.82, 2.24) is 4.90 Å². The third kappa shape index (κ3) is 3.22. The maximum atomic E-state index is 12.6. The minimum Gasteiger partial charge on any atom is -0.337 e. The Kier molecular flexibility index (Phi) is 4.71. The largest absolute Gasteiger partial charge is 0.337 e. The Morgan fingerprint density at radius 3 is 3.05 bits per heavy atom. The minimum atomic E-state index is 0.0791. The molecule has 1 aromatic rings. The van der Waals surface area contributed by atoms with Crippen molar-refractivity contribution in [2.45, 2.75) is 25.5 Å². The van der Waals surface area contributed by atoms with Crippen molar-refractivity contribution in [3.8, 4) is 0 Å². The fourth-order valence-electron chi connectivity index (χ4n) is 2.28.